The highest BCUT2D eigenvalue weighted by Crippen LogP contribution is 2.36. The Morgan fingerprint density at radius 1 is 1.00 bits per heavy atom. The van der Waals surface area contributed by atoms with E-state index in [1.165, 1.54) is 12.3 Å². The van der Waals surface area contributed by atoms with Gasteiger partial charge in [0.05, 0.1) is 22.5 Å². The lowest BCUT2D eigenvalue weighted by Gasteiger charge is -2.12. The van der Waals surface area contributed by atoms with E-state index in [1.54, 1.807) is 23.1 Å². The molecule has 4 aromatic heterocycles. The lowest BCUT2D eigenvalue weighted by molar-refractivity contribution is -0.143. The molecule has 4 aromatic rings. The molecule has 0 saturated carbocycles. The van der Waals surface area contributed by atoms with Gasteiger partial charge in [-0.3, -0.25) is 4.68 Å². The number of aromatic nitrogens is 6. The van der Waals surface area contributed by atoms with Crippen LogP contribution in [-0.4, -0.2) is 29.5 Å². The smallest absolute Gasteiger partial charge is 0.269 e. The zero-order valence-corrected chi connectivity index (χ0v) is 17.3. The van der Waals surface area contributed by atoms with Crippen LogP contribution in [0.3, 0.4) is 0 Å². The van der Waals surface area contributed by atoms with Crippen LogP contribution in [0.25, 0.3) is 27.8 Å². The maximum atomic E-state index is 13.8. The van der Waals surface area contributed by atoms with Gasteiger partial charge in [0.2, 0.25) is 0 Å². The number of nitrogens with zero attached hydrogens (tertiary/aromatic N) is 6. The lowest BCUT2D eigenvalue weighted by atomic mass is 10.2. The summed E-state index contributed by atoms with van der Waals surface area (Å²) in [5.41, 5.74) is -2.04. The first kappa shape index (κ1) is 22.0. The Morgan fingerprint density at radius 3 is 2.31 bits per heavy atom. The van der Waals surface area contributed by atoms with Gasteiger partial charge in [-0.05, 0) is 37.4 Å². The third-order valence-electron chi connectivity index (χ3n) is 4.65. The molecule has 0 atom stereocenters. The van der Waals surface area contributed by atoms with Gasteiger partial charge in [0, 0.05) is 17.8 Å². The van der Waals surface area contributed by atoms with Crippen LogP contribution in [0, 0.1) is 6.92 Å². The van der Waals surface area contributed by atoms with Crippen LogP contribution in [0.5, 0.6) is 0 Å². The summed E-state index contributed by atoms with van der Waals surface area (Å²) in [6.07, 6.45) is -8.45. The molecule has 0 aliphatic rings. The van der Waals surface area contributed by atoms with Crippen molar-refractivity contribution in [2.75, 3.05) is 0 Å². The quantitative estimate of drug-likeness (QED) is 0.362. The zero-order chi connectivity index (χ0) is 23.3. The number of alkyl halides is 6. The highest BCUT2D eigenvalue weighted by atomic mass is 32.1. The first-order chi connectivity index (χ1) is 15.0. The van der Waals surface area contributed by atoms with E-state index in [0.717, 1.165) is 17.4 Å². The molecule has 0 unspecified atom stereocenters. The topological polar surface area (TPSA) is 61.4 Å². The average Bonchev–Trinajstić information content (AvgIpc) is 3.45. The van der Waals surface area contributed by atoms with Gasteiger partial charge in [0.1, 0.15) is 0 Å². The predicted octanol–water partition coefficient (Wildman–Crippen LogP) is 5.62. The van der Waals surface area contributed by atoms with Gasteiger partial charge in [0.25, 0.3) is 5.95 Å². The third-order valence-corrected chi connectivity index (χ3v) is 5.54. The van der Waals surface area contributed by atoms with Crippen LogP contribution in [-0.2, 0) is 18.9 Å². The second-order valence-corrected chi connectivity index (χ2v) is 7.64. The Morgan fingerprint density at radius 2 is 1.75 bits per heavy atom. The number of rotatable bonds is 4. The van der Waals surface area contributed by atoms with E-state index in [1.807, 2.05) is 6.92 Å². The first-order valence-corrected chi connectivity index (χ1v) is 10.1. The summed E-state index contributed by atoms with van der Waals surface area (Å²) < 4.78 is 83.6. The van der Waals surface area contributed by atoms with Gasteiger partial charge in [-0.2, -0.15) is 41.2 Å². The van der Waals surface area contributed by atoms with Crippen molar-refractivity contribution < 1.29 is 26.3 Å². The molecule has 4 rings (SSSR count). The van der Waals surface area contributed by atoms with E-state index in [9.17, 15) is 26.3 Å². The number of hydrogen-bond acceptors (Lipinski definition) is 5. The van der Waals surface area contributed by atoms with Crippen molar-refractivity contribution in [3.63, 3.8) is 0 Å². The normalized spacial score (nSPS) is 12.5. The average molecular weight is 472 g/mol. The van der Waals surface area contributed by atoms with Crippen molar-refractivity contribution in [2.45, 2.75) is 32.7 Å². The summed E-state index contributed by atoms with van der Waals surface area (Å²) >= 11 is 1.10. The van der Waals surface area contributed by atoms with Gasteiger partial charge >= 0.3 is 12.4 Å². The van der Waals surface area contributed by atoms with Crippen LogP contribution < -0.4 is 0 Å². The van der Waals surface area contributed by atoms with Crippen LogP contribution in [0.4, 0.5) is 26.3 Å². The second-order valence-electron chi connectivity index (χ2n) is 6.70. The van der Waals surface area contributed by atoms with Crippen LogP contribution in [0.15, 0.2) is 35.8 Å². The van der Waals surface area contributed by atoms with Gasteiger partial charge in [-0.15, -0.1) is 11.3 Å². The molecule has 32 heavy (non-hydrogen) atoms. The number of hydrogen-bond donors (Lipinski definition) is 0. The van der Waals surface area contributed by atoms with Crippen molar-refractivity contribution >= 4 is 11.3 Å². The van der Waals surface area contributed by atoms with Crippen LogP contribution in [0.2, 0.25) is 0 Å². The highest BCUT2D eigenvalue weighted by Gasteiger charge is 2.39. The standard InChI is InChI=1S/C19H14F6N6S/c1-3-30-10(2)11(9-26-30)12-8-16(19(23,24)25)31(29-12)17-27-13(14-5-4-6-32-14)7-15(28-17)18(20,21)22/h4-9H,3H2,1-2H3. The fourth-order valence-corrected chi connectivity index (χ4v) is 3.80. The lowest BCUT2D eigenvalue weighted by Crippen LogP contribution is -2.18. The van der Waals surface area contributed by atoms with E-state index >= 15 is 0 Å². The van der Waals surface area contributed by atoms with E-state index in [0.29, 0.717) is 33.4 Å². The Balaban J connectivity index is 1.95. The maximum Gasteiger partial charge on any atom is 0.433 e. The Bertz CT molecular complexity index is 1250. The molecule has 168 valence electrons. The molecule has 0 N–H and O–H groups in total. The molecule has 4 heterocycles. The minimum absolute atomic E-state index is 0.104. The molecule has 0 radical (unpaired) electrons. The molecule has 0 fully saturated rings. The minimum atomic E-state index is -4.92. The first-order valence-electron chi connectivity index (χ1n) is 9.19. The fourth-order valence-electron chi connectivity index (χ4n) is 3.11. The molecule has 0 saturated heterocycles. The summed E-state index contributed by atoms with van der Waals surface area (Å²) in [4.78, 5) is 7.67. The van der Waals surface area contributed by atoms with Gasteiger partial charge in [-0.1, -0.05) is 6.07 Å². The Labute approximate surface area is 181 Å². The molecule has 0 aliphatic heterocycles. The van der Waals surface area contributed by atoms with Gasteiger partial charge in [-0.25, -0.2) is 9.97 Å². The molecule has 0 bridgehead atoms. The summed E-state index contributed by atoms with van der Waals surface area (Å²) in [6, 6.07) is 4.55. The Hall–Kier alpha value is -3.22. The molecule has 0 aromatic carbocycles. The van der Waals surface area contributed by atoms with Gasteiger partial charge < -0.3 is 0 Å². The second kappa shape index (κ2) is 7.73. The van der Waals surface area contributed by atoms with E-state index in [-0.39, 0.29) is 11.4 Å². The van der Waals surface area contributed by atoms with Crippen LogP contribution >= 0.6 is 11.3 Å². The SMILES string of the molecule is CCn1ncc(-c2cc(C(F)(F)F)n(-c3nc(-c4cccs4)cc(C(F)(F)F)n3)n2)c1C. The summed E-state index contributed by atoms with van der Waals surface area (Å²) in [7, 11) is 0. The maximum absolute atomic E-state index is 13.8. The molecule has 13 heteroatoms. The summed E-state index contributed by atoms with van der Waals surface area (Å²) in [5, 5.41) is 9.63. The Kier molecular flexibility index (Phi) is 5.31. The van der Waals surface area contributed by atoms with Gasteiger partial charge in [0.15, 0.2) is 11.4 Å². The van der Waals surface area contributed by atoms with Crippen molar-refractivity contribution in [2.24, 2.45) is 0 Å². The van der Waals surface area contributed by atoms with Crippen molar-refractivity contribution in [1.82, 2.24) is 29.5 Å². The third kappa shape index (κ3) is 3.99. The van der Waals surface area contributed by atoms with Crippen molar-refractivity contribution in [3.05, 3.63) is 52.9 Å². The molecule has 0 spiro atoms. The highest BCUT2D eigenvalue weighted by molar-refractivity contribution is 7.13. The monoisotopic (exact) mass is 472 g/mol. The van der Waals surface area contributed by atoms with Crippen LogP contribution in [0.1, 0.15) is 24.0 Å². The van der Waals surface area contributed by atoms with E-state index in [2.05, 4.69) is 20.2 Å². The molecular formula is C19H14F6N6S. The van der Waals surface area contributed by atoms with Crippen molar-refractivity contribution in [1.29, 1.82) is 0 Å². The molecule has 0 aliphatic carbocycles. The van der Waals surface area contributed by atoms with E-state index in [4.69, 9.17) is 0 Å². The fraction of sp³-hybridized carbons (Fsp3) is 0.263. The summed E-state index contributed by atoms with van der Waals surface area (Å²) in [5.74, 6) is -0.831. The number of thiophene rings is 1. The molecule has 6 nitrogen and oxygen atoms in total. The largest absolute Gasteiger partial charge is 0.433 e. The summed E-state index contributed by atoms with van der Waals surface area (Å²) in [6.45, 7) is 3.96. The predicted molar refractivity (Wildman–Crippen MR) is 104 cm³/mol. The minimum Gasteiger partial charge on any atom is -0.269 e. The van der Waals surface area contributed by atoms with E-state index < -0.39 is 29.7 Å². The number of aryl methyl sites for hydroxylation is 1. The molecule has 0 amide bonds. The number of halogens is 6. The van der Waals surface area contributed by atoms with Crippen molar-refractivity contribution in [3.8, 4) is 27.8 Å². The molecular weight excluding hydrogens is 458 g/mol. The zero-order valence-electron chi connectivity index (χ0n) is 16.5.